The van der Waals surface area contributed by atoms with Crippen molar-refractivity contribution in [2.45, 2.75) is 52.7 Å². The van der Waals surface area contributed by atoms with Gasteiger partial charge in [-0.1, -0.05) is 0 Å². The summed E-state index contributed by atoms with van der Waals surface area (Å²) >= 11 is 0. The predicted molar refractivity (Wildman–Crippen MR) is 86.2 cm³/mol. The minimum atomic E-state index is 0.140. The van der Waals surface area contributed by atoms with E-state index in [0.717, 1.165) is 49.4 Å². The lowest BCUT2D eigenvalue weighted by Crippen LogP contribution is -2.41. The molecule has 2 heterocycles. The van der Waals surface area contributed by atoms with Gasteiger partial charge in [0.1, 0.15) is 0 Å². The van der Waals surface area contributed by atoms with Crippen molar-refractivity contribution in [3.8, 4) is 0 Å². The molecule has 0 atom stereocenters. The summed E-state index contributed by atoms with van der Waals surface area (Å²) in [4.78, 5) is 14.6. The van der Waals surface area contributed by atoms with Crippen LogP contribution in [0, 0.1) is 13.8 Å². The number of hydrogen-bond donors (Lipinski definition) is 1. The van der Waals surface area contributed by atoms with E-state index in [1.54, 1.807) is 0 Å². The zero-order valence-corrected chi connectivity index (χ0v) is 14.0. The van der Waals surface area contributed by atoms with E-state index < -0.39 is 0 Å². The summed E-state index contributed by atoms with van der Waals surface area (Å²) in [6.07, 6.45) is 2.66. The fourth-order valence-electron chi connectivity index (χ4n) is 3.21. The average Bonchev–Trinajstić information content (AvgIpc) is 2.82. The monoisotopic (exact) mass is 308 g/mol. The fraction of sp³-hybridized carbons (Fsp3) is 0.706. The van der Waals surface area contributed by atoms with Crippen LogP contribution in [-0.2, 0) is 11.3 Å². The van der Waals surface area contributed by atoms with E-state index >= 15 is 0 Å². The maximum absolute atomic E-state index is 12.7. The van der Waals surface area contributed by atoms with Gasteiger partial charge >= 0.3 is 0 Å². The lowest BCUT2D eigenvalue weighted by molar-refractivity contribution is 0.00396. The summed E-state index contributed by atoms with van der Waals surface area (Å²) in [6.45, 7) is 9.34. The molecule has 1 amide bonds. The third-order valence-corrected chi connectivity index (χ3v) is 4.51. The van der Waals surface area contributed by atoms with E-state index in [1.807, 2.05) is 17.9 Å². The number of carbonyl (C=O) groups excluding carboxylic acids is 1. The summed E-state index contributed by atoms with van der Waals surface area (Å²) in [6, 6.07) is 2.00. The van der Waals surface area contributed by atoms with Crippen LogP contribution in [0.2, 0.25) is 0 Å². The van der Waals surface area contributed by atoms with Gasteiger partial charge in [-0.15, -0.1) is 0 Å². The first-order valence-electron chi connectivity index (χ1n) is 8.27. The molecule has 1 aromatic heterocycles. The molecule has 5 nitrogen and oxygen atoms in total. The number of piperidine rings is 1. The molecule has 1 aliphatic rings. The number of carbonyl (C=O) groups is 1. The zero-order chi connectivity index (χ0) is 16.1. The van der Waals surface area contributed by atoms with Gasteiger partial charge in [0.25, 0.3) is 5.91 Å². The van der Waals surface area contributed by atoms with Crippen LogP contribution < -0.4 is 0 Å². The SMILES string of the molecule is CCn1c(C)cc(C(=O)N2CCC(OCCCO)CC2)c1C. The molecule has 22 heavy (non-hydrogen) atoms. The normalized spacial score (nSPS) is 16.3. The molecule has 0 unspecified atom stereocenters. The van der Waals surface area contributed by atoms with E-state index in [9.17, 15) is 4.79 Å². The Morgan fingerprint density at radius 2 is 2.05 bits per heavy atom. The minimum Gasteiger partial charge on any atom is -0.396 e. The molecular formula is C17H28N2O3. The smallest absolute Gasteiger partial charge is 0.255 e. The second-order valence-electron chi connectivity index (χ2n) is 5.97. The molecule has 1 aliphatic heterocycles. The number of ether oxygens (including phenoxy) is 1. The van der Waals surface area contributed by atoms with Gasteiger partial charge in [0.2, 0.25) is 0 Å². The van der Waals surface area contributed by atoms with Crippen LogP contribution >= 0.6 is 0 Å². The molecule has 0 aromatic carbocycles. The van der Waals surface area contributed by atoms with E-state index in [-0.39, 0.29) is 18.6 Å². The maximum atomic E-state index is 12.7. The van der Waals surface area contributed by atoms with Crippen molar-refractivity contribution in [3.05, 3.63) is 23.0 Å². The number of hydrogen-bond acceptors (Lipinski definition) is 3. The molecule has 1 aromatic rings. The quantitative estimate of drug-likeness (QED) is 0.819. The number of aliphatic hydroxyl groups excluding tert-OH is 1. The Hall–Kier alpha value is -1.33. The Labute approximate surface area is 132 Å². The Balaban J connectivity index is 1.92. The van der Waals surface area contributed by atoms with Gasteiger partial charge in [0.05, 0.1) is 11.7 Å². The molecule has 1 saturated heterocycles. The molecule has 0 bridgehead atoms. The van der Waals surface area contributed by atoms with Crippen molar-refractivity contribution >= 4 is 5.91 Å². The highest BCUT2D eigenvalue weighted by Gasteiger charge is 2.26. The molecule has 1 N–H and O–H groups in total. The number of nitrogens with zero attached hydrogens (tertiary/aromatic N) is 2. The van der Waals surface area contributed by atoms with Gasteiger partial charge in [0.15, 0.2) is 0 Å². The van der Waals surface area contributed by atoms with Crippen molar-refractivity contribution in [1.29, 1.82) is 0 Å². The van der Waals surface area contributed by atoms with E-state index in [0.29, 0.717) is 13.0 Å². The number of likely N-dealkylation sites (tertiary alicyclic amines) is 1. The molecule has 0 spiro atoms. The molecule has 0 radical (unpaired) electrons. The molecule has 124 valence electrons. The van der Waals surface area contributed by atoms with Crippen molar-refractivity contribution in [1.82, 2.24) is 9.47 Å². The third kappa shape index (κ3) is 3.70. The highest BCUT2D eigenvalue weighted by Crippen LogP contribution is 2.20. The van der Waals surface area contributed by atoms with Crippen LogP contribution in [0.1, 0.15) is 47.9 Å². The average molecular weight is 308 g/mol. The van der Waals surface area contributed by atoms with Crippen molar-refractivity contribution in [2.75, 3.05) is 26.3 Å². The van der Waals surface area contributed by atoms with Crippen LogP contribution in [0.15, 0.2) is 6.07 Å². The Bertz CT molecular complexity index is 502. The molecule has 5 heteroatoms. The topological polar surface area (TPSA) is 54.7 Å². The van der Waals surface area contributed by atoms with Gasteiger partial charge in [-0.05, 0) is 46.1 Å². The summed E-state index contributed by atoms with van der Waals surface area (Å²) in [5, 5.41) is 8.77. The number of aromatic nitrogens is 1. The Kier molecular flexibility index (Phi) is 6.03. The molecule has 2 rings (SSSR count). The second kappa shape index (κ2) is 7.79. The van der Waals surface area contributed by atoms with Crippen LogP contribution in [0.5, 0.6) is 0 Å². The summed E-state index contributed by atoms with van der Waals surface area (Å²) < 4.78 is 7.90. The fourth-order valence-corrected chi connectivity index (χ4v) is 3.21. The third-order valence-electron chi connectivity index (χ3n) is 4.51. The Morgan fingerprint density at radius 3 is 2.59 bits per heavy atom. The Morgan fingerprint density at radius 1 is 1.36 bits per heavy atom. The largest absolute Gasteiger partial charge is 0.396 e. The van der Waals surface area contributed by atoms with Gasteiger partial charge in [-0.3, -0.25) is 4.79 Å². The first-order chi connectivity index (χ1) is 10.6. The van der Waals surface area contributed by atoms with Crippen molar-refractivity contribution in [2.24, 2.45) is 0 Å². The highest BCUT2D eigenvalue weighted by atomic mass is 16.5. The van der Waals surface area contributed by atoms with E-state index in [4.69, 9.17) is 9.84 Å². The van der Waals surface area contributed by atoms with Crippen LogP contribution in [0.25, 0.3) is 0 Å². The number of aliphatic hydroxyl groups is 1. The van der Waals surface area contributed by atoms with Gasteiger partial charge < -0.3 is 19.3 Å². The lowest BCUT2D eigenvalue weighted by atomic mass is 10.1. The first-order valence-corrected chi connectivity index (χ1v) is 8.27. The predicted octanol–water partition coefficient (Wildman–Crippen LogP) is 2.13. The summed E-state index contributed by atoms with van der Waals surface area (Å²) in [5.74, 6) is 0.140. The van der Waals surface area contributed by atoms with E-state index in [1.165, 1.54) is 0 Å². The van der Waals surface area contributed by atoms with Crippen molar-refractivity contribution in [3.63, 3.8) is 0 Å². The molecular weight excluding hydrogens is 280 g/mol. The number of rotatable bonds is 6. The minimum absolute atomic E-state index is 0.140. The lowest BCUT2D eigenvalue weighted by Gasteiger charge is -2.32. The van der Waals surface area contributed by atoms with Crippen LogP contribution in [0.4, 0.5) is 0 Å². The standard InChI is InChI=1S/C17H28N2O3/c1-4-19-13(2)12-16(14(19)3)17(21)18-8-6-15(7-9-18)22-11-5-10-20/h12,15,20H,4-11H2,1-3H3. The molecule has 1 fully saturated rings. The number of aryl methyl sites for hydroxylation is 1. The van der Waals surface area contributed by atoms with Gasteiger partial charge in [-0.25, -0.2) is 0 Å². The van der Waals surface area contributed by atoms with Gasteiger partial charge in [0, 0.05) is 44.2 Å². The summed E-state index contributed by atoms with van der Waals surface area (Å²) in [5.41, 5.74) is 3.04. The first kappa shape index (κ1) is 17.0. The van der Waals surface area contributed by atoms with Crippen molar-refractivity contribution < 1.29 is 14.6 Å². The van der Waals surface area contributed by atoms with Crippen LogP contribution in [-0.4, -0.2) is 52.9 Å². The van der Waals surface area contributed by atoms with E-state index in [2.05, 4.69) is 18.4 Å². The molecule has 0 saturated carbocycles. The van der Waals surface area contributed by atoms with Gasteiger partial charge in [-0.2, -0.15) is 0 Å². The second-order valence-corrected chi connectivity index (χ2v) is 5.97. The summed E-state index contributed by atoms with van der Waals surface area (Å²) in [7, 11) is 0. The highest BCUT2D eigenvalue weighted by molar-refractivity contribution is 5.95. The van der Waals surface area contributed by atoms with Crippen LogP contribution in [0.3, 0.4) is 0 Å². The molecule has 0 aliphatic carbocycles. The maximum Gasteiger partial charge on any atom is 0.255 e. The zero-order valence-electron chi connectivity index (χ0n) is 14.0. The number of amides is 1.